The number of nitrogens with two attached hydrogens (primary N) is 1. The van der Waals surface area contributed by atoms with Crippen LogP contribution in [0.5, 0.6) is 5.75 Å². The molecule has 0 saturated carbocycles. The zero-order valence-electron chi connectivity index (χ0n) is 18.2. The second-order valence-electron chi connectivity index (χ2n) is 7.07. The van der Waals surface area contributed by atoms with Gasteiger partial charge in [0.25, 0.3) is 11.8 Å². The average molecular weight is 457 g/mol. The first-order valence-electron chi connectivity index (χ1n) is 9.92. The zero-order chi connectivity index (χ0) is 23.4. The van der Waals surface area contributed by atoms with E-state index in [0.29, 0.717) is 11.3 Å². The highest BCUT2D eigenvalue weighted by atomic mass is 32.1. The van der Waals surface area contributed by atoms with Crippen molar-refractivity contribution in [3.05, 3.63) is 69.0 Å². The van der Waals surface area contributed by atoms with Crippen molar-refractivity contribution in [1.29, 1.82) is 0 Å². The van der Waals surface area contributed by atoms with Crippen LogP contribution in [0.2, 0.25) is 0 Å². The molecule has 0 aliphatic heterocycles. The van der Waals surface area contributed by atoms with Gasteiger partial charge in [0, 0.05) is 0 Å². The molecule has 3 N–H and O–H groups in total. The van der Waals surface area contributed by atoms with E-state index in [-0.39, 0.29) is 34.4 Å². The van der Waals surface area contributed by atoms with Crippen LogP contribution in [0.15, 0.2) is 34.7 Å². The largest absolute Gasteiger partial charge is 0.485 e. The molecule has 2 heterocycles. The second-order valence-corrected chi connectivity index (χ2v) is 8.10. The van der Waals surface area contributed by atoms with Crippen LogP contribution in [0.4, 0.5) is 5.00 Å². The first-order chi connectivity index (χ1) is 15.2. The summed E-state index contributed by atoms with van der Waals surface area (Å²) < 4.78 is 16.5. The molecule has 2 amide bonds. The van der Waals surface area contributed by atoms with Gasteiger partial charge in [-0.05, 0) is 56.5 Å². The van der Waals surface area contributed by atoms with E-state index in [1.807, 2.05) is 32.0 Å². The minimum absolute atomic E-state index is 0.0339. The number of thiophene rings is 1. The molecular weight excluding hydrogens is 432 g/mol. The fourth-order valence-corrected chi connectivity index (χ4v) is 4.24. The number of benzene rings is 1. The van der Waals surface area contributed by atoms with Crippen molar-refractivity contribution in [2.24, 2.45) is 5.73 Å². The molecule has 0 aliphatic carbocycles. The number of carbonyl (C=O) groups is 3. The van der Waals surface area contributed by atoms with Gasteiger partial charge in [-0.15, -0.1) is 11.3 Å². The standard InChI is InChI=1S/C23H24N2O6S/c1-5-29-23(28)17-14(4)19(20(24)26)32-22(17)25-21(27)16-10-9-15(31-16)11-30-18-12(2)7-6-8-13(18)3/h6-10H,5,11H2,1-4H3,(H2,24,26)(H,25,27). The molecule has 9 heteroatoms. The Morgan fingerprint density at radius 3 is 2.41 bits per heavy atom. The van der Waals surface area contributed by atoms with Crippen LogP contribution < -0.4 is 15.8 Å². The molecule has 168 valence electrons. The molecule has 0 spiro atoms. The highest BCUT2D eigenvalue weighted by Crippen LogP contribution is 2.34. The van der Waals surface area contributed by atoms with E-state index >= 15 is 0 Å². The predicted molar refractivity (Wildman–Crippen MR) is 120 cm³/mol. The van der Waals surface area contributed by atoms with Gasteiger partial charge in [0.05, 0.1) is 17.0 Å². The summed E-state index contributed by atoms with van der Waals surface area (Å²) in [6.45, 7) is 7.44. The number of hydrogen-bond acceptors (Lipinski definition) is 7. The summed E-state index contributed by atoms with van der Waals surface area (Å²) in [7, 11) is 0. The number of nitrogens with one attached hydrogen (secondary N) is 1. The molecule has 3 aromatic rings. The lowest BCUT2D eigenvalue weighted by Crippen LogP contribution is -2.14. The molecule has 8 nitrogen and oxygen atoms in total. The van der Waals surface area contributed by atoms with Crippen molar-refractivity contribution >= 4 is 34.1 Å². The summed E-state index contributed by atoms with van der Waals surface area (Å²) in [4.78, 5) is 37.0. The quantitative estimate of drug-likeness (QED) is 0.486. The maximum Gasteiger partial charge on any atom is 0.341 e. The van der Waals surface area contributed by atoms with Gasteiger partial charge in [-0.2, -0.15) is 0 Å². The summed E-state index contributed by atoms with van der Waals surface area (Å²) in [6, 6.07) is 9.01. The highest BCUT2D eigenvalue weighted by Gasteiger charge is 2.26. The first-order valence-corrected chi connectivity index (χ1v) is 10.7. The molecule has 0 saturated heterocycles. The Hall–Kier alpha value is -3.59. The lowest BCUT2D eigenvalue weighted by molar-refractivity contribution is 0.0527. The van der Waals surface area contributed by atoms with Gasteiger partial charge in [-0.25, -0.2) is 4.79 Å². The van der Waals surface area contributed by atoms with Gasteiger partial charge in [-0.1, -0.05) is 18.2 Å². The van der Waals surface area contributed by atoms with Crippen LogP contribution in [0.1, 0.15) is 60.0 Å². The number of aryl methyl sites for hydroxylation is 2. The van der Waals surface area contributed by atoms with E-state index in [0.717, 1.165) is 28.2 Å². The lowest BCUT2D eigenvalue weighted by atomic mass is 10.1. The Kier molecular flexibility index (Phi) is 6.99. The lowest BCUT2D eigenvalue weighted by Gasteiger charge is -2.10. The number of esters is 1. The monoisotopic (exact) mass is 456 g/mol. The molecule has 2 aromatic heterocycles. The number of amides is 2. The van der Waals surface area contributed by atoms with Gasteiger partial charge in [0.15, 0.2) is 5.76 Å². The molecule has 0 aliphatic rings. The fraction of sp³-hybridized carbons (Fsp3) is 0.261. The van der Waals surface area contributed by atoms with Crippen LogP contribution in [0.3, 0.4) is 0 Å². The molecule has 0 bridgehead atoms. The number of rotatable bonds is 8. The topological polar surface area (TPSA) is 121 Å². The molecular formula is C23H24N2O6S. The molecule has 3 rings (SSSR count). The van der Waals surface area contributed by atoms with Crippen LogP contribution in [0.25, 0.3) is 0 Å². The Morgan fingerprint density at radius 2 is 1.78 bits per heavy atom. The van der Waals surface area contributed by atoms with Gasteiger partial charge in [-0.3, -0.25) is 9.59 Å². The summed E-state index contributed by atoms with van der Waals surface area (Å²) in [6.07, 6.45) is 0. The number of furan rings is 1. The number of hydrogen-bond donors (Lipinski definition) is 2. The molecule has 32 heavy (non-hydrogen) atoms. The minimum atomic E-state index is -0.692. The Balaban J connectivity index is 1.77. The van der Waals surface area contributed by atoms with Gasteiger partial charge >= 0.3 is 5.97 Å². The summed E-state index contributed by atoms with van der Waals surface area (Å²) >= 11 is 0.915. The first kappa shape index (κ1) is 23.1. The second kappa shape index (κ2) is 9.69. The summed E-state index contributed by atoms with van der Waals surface area (Å²) in [5, 5.41) is 2.79. The van der Waals surface area contributed by atoms with Crippen molar-refractivity contribution in [3.8, 4) is 5.75 Å². The summed E-state index contributed by atoms with van der Waals surface area (Å²) in [5.41, 5.74) is 7.85. The summed E-state index contributed by atoms with van der Waals surface area (Å²) in [5.74, 6) is -0.656. The molecule has 0 atom stereocenters. The number of anilines is 1. The molecule has 0 fully saturated rings. The van der Waals surface area contributed by atoms with Crippen molar-refractivity contribution in [3.63, 3.8) is 0 Å². The third-order valence-electron chi connectivity index (χ3n) is 4.73. The van der Waals surface area contributed by atoms with Gasteiger partial charge in [0.1, 0.15) is 23.1 Å². The maximum absolute atomic E-state index is 12.7. The highest BCUT2D eigenvalue weighted by molar-refractivity contribution is 7.18. The van der Waals surface area contributed by atoms with E-state index in [9.17, 15) is 14.4 Å². The van der Waals surface area contributed by atoms with Crippen LogP contribution in [0, 0.1) is 20.8 Å². The Labute approximate surface area is 189 Å². The SMILES string of the molecule is CCOC(=O)c1c(NC(=O)c2ccc(COc3c(C)cccc3C)o2)sc(C(N)=O)c1C. The van der Waals surface area contributed by atoms with E-state index in [4.69, 9.17) is 19.6 Å². The third-order valence-corrected chi connectivity index (χ3v) is 5.95. The van der Waals surface area contributed by atoms with Crippen molar-refractivity contribution in [2.75, 3.05) is 11.9 Å². The van der Waals surface area contributed by atoms with E-state index in [1.54, 1.807) is 19.9 Å². The Morgan fingerprint density at radius 1 is 1.09 bits per heavy atom. The van der Waals surface area contributed by atoms with E-state index < -0.39 is 17.8 Å². The van der Waals surface area contributed by atoms with Crippen molar-refractivity contribution < 1.29 is 28.3 Å². The predicted octanol–water partition coefficient (Wildman–Crippen LogP) is 4.37. The van der Waals surface area contributed by atoms with Gasteiger partial charge < -0.3 is 24.9 Å². The molecule has 1 aromatic carbocycles. The molecule has 0 unspecified atom stereocenters. The molecule has 0 radical (unpaired) electrons. The number of ether oxygens (including phenoxy) is 2. The minimum Gasteiger partial charge on any atom is -0.485 e. The normalized spacial score (nSPS) is 10.6. The van der Waals surface area contributed by atoms with Gasteiger partial charge in [0.2, 0.25) is 0 Å². The fourth-order valence-electron chi connectivity index (χ4n) is 3.20. The number of para-hydroxylation sites is 1. The van der Waals surface area contributed by atoms with E-state index in [1.165, 1.54) is 6.07 Å². The Bertz CT molecular complexity index is 1160. The van der Waals surface area contributed by atoms with E-state index in [2.05, 4.69) is 5.32 Å². The average Bonchev–Trinajstić information content (AvgIpc) is 3.32. The van der Waals surface area contributed by atoms with Crippen LogP contribution >= 0.6 is 11.3 Å². The van der Waals surface area contributed by atoms with Crippen molar-refractivity contribution in [2.45, 2.75) is 34.3 Å². The number of carbonyl (C=O) groups excluding carboxylic acids is 3. The number of primary amides is 1. The van der Waals surface area contributed by atoms with Crippen LogP contribution in [-0.4, -0.2) is 24.4 Å². The van der Waals surface area contributed by atoms with Crippen molar-refractivity contribution in [1.82, 2.24) is 0 Å². The zero-order valence-corrected chi connectivity index (χ0v) is 19.1. The maximum atomic E-state index is 12.7. The smallest absolute Gasteiger partial charge is 0.341 e. The third kappa shape index (κ3) is 4.83. The van der Waals surface area contributed by atoms with Crippen LogP contribution in [-0.2, 0) is 11.3 Å².